The number of esters is 1. The third-order valence-electron chi connectivity index (χ3n) is 2.26. The number of aliphatic hydroxyl groups is 1. The van der Waals surface area contributed by atoms with Crippen molar-refractivity contribution >= 4 is 5.97 Å². The molecule has 1 aromatic heterocycles. The molecule has 0 unspecified atom stereocenters. The minimum atomic E-state index is -0.502. The number of pyridine rings is 1. The molecule has 2 rings (SSSR count). The first-order chi connectivity index (χ1) is 6.65. The zero-order chi connectivity index (χ0) is 10.3. The maximum atomic E-state index is 11.1. The zero-order valence-corrected chi connectivity index (χ0v) is 7.57. The van der Waals surface area contributed by atoms with Gasteiger partial charge in [0, 0.05) is 11.1 Å². The number of rotatable bonds is 1. The summed E-state index contributed by atoms with van der Waals surface area (Å²) in [7, 11) is 0. The summed E-state index contributed by atoms with van der Waals surface area (Å²) in [5.74, 6) is -0.567. The second-order valence-corrected chi connectivity index (χ2v) is 3.09. The highest BCUT2D eigenvalue weighted by molar-refractivity contribution is 5.92. The molecule has 0 aliphatic carbocycles. The van der Waals surface area contributed by atoms with Gasteiger partial charge in [-0.15, -0.1) is 0 Å². The molecule has 0 amide bonds. The summed E-state index contributed by atoms with van der Waals surface area (Å²) in [4.78, 5) is 15.1. The third-order valence-corrected chi connectivity index (χ3v) is 2.26. The van der Waals surface area contributed by atoms with Gasteiger partial charge in [0.15, 0.2) is 5.69 Å². The van der Waals surface area contributed by atoms with E-state index < -0.39 is 5.97 Å². The molecule has 0 bridgehead atoms. The van der Waals surface area contributed by atoms with Crippen LogP contribution in [-0.4, -0.2) is 21.2 Å². The van der Waals surface area contributed by atoms with Gasteiger partial charge in [-0.3, -0.25) is 0 Å². The number of cyclic esters (lactones) is 1. The lowest BCUT2D eigenvalue weighted by Gasteiger charge is -2.07. The van der Waals surface area contributed by atoms with Crippen LogP contribution in [0.3, 0.4) is 0 Å². The molecule has 1 aliphatic heterocycles. The molecule has 5 heteroatoms. The van der Waals surface area contributed by atoms with Gasteiger partial charge in [0.25, 0.3) is 0 Å². The molecule has 0 saturated carbocycles. The highest BCUT2D eigenvalue weighted by Gasteiger charge is 2.28. The Morgan fingerprint density at radius 2 is 2.29 bits per heavy atom. The molecule has 0 radical (unpaired) electrons. The number of fused-ring (bicyclic) bond motifs is 1. The average molecular weight is 195 g/mol. The molecule has 0 aromatic carbocycles. The standard InChI is InChI=1S/C9H9NO4/c1-4-8(12)5(2-11)6-3-14-9(13)7(6)10-4/h11-12H,2-3H2,1H3. The van der Waals surface area contributed by atoms with Crippen LogP contribution in [0.15, 0.2) is 0 Å². The first-order valence-electron chi connectivity index (χ1n) is 4.14. The molecular formula is C9H9NO4. The fourth-order valence-corrected chi connectivity index (χ4v) is 1.49. The number of hydrogen-bond acceptors (Lipinski definition) is 5. The Kier molecular flexibility index (Phi) is 1.89. The SMILES string of the molecule is Cc1nc2c(c(CO)c1O)COC2=O. The summed E-state index contributed by atoms with van der Waals surface area (Å²) in [6.07, 6.45) is 0. The number of aliphatic hydroxyl groups excluding tert-OH is 1. The highest BCUT2D eigenvalue weighted by atomic mass is 16.5. The van der Waals surface area contributed by atoms with Gasteiger partial charge in [-0.05, 0) is 6.92 Å². The molecule has 74 valence electrons. The molecule has 0 fully saturated rings. The quantitative estimate of drug-likeness (QED) is 0.628. The number of hydrogen-bond donors (Lipinski definition) is 2. The maximum absolute atomic E-state index is 11.1. The van der Waals surface area contributed by atoms with E-state index >= 15 is 0 Å². The summed E-state index contributed by atoms with van der Waals surface area (Å²) in [5.41, 5.74) is 1.34. The minimum absolute atomic E-state index is 0.0652. The van der Waals surface area contributed by atoms with Crippen molar-refractivity contribution in [2.24, 2.45) is 0 Å². The fraction of sp³-hybridized carbons (Fsp3) is 0.333. The normalized spacial score (nSPS) is 14.0. The van der Waals surface area contributed by atoms with Crippen LogP contribution >= 0.6 is 0 Å². The lowest BCUT2D eigenvalue weighted by atomic mass is 10.1. The Balaban J connectivity index is 2.71. The second-order valence-electron chi connectivity index (χ2n) is 3.09. The first kappa shape index (κ1) is 8.96. The molecule has 0 atom stereocenters. The maximum Gasteiger partial charge on any atom is 0.357 e. The second kappa shape index (κ2) is 2.95. The van der Waals surface area contributed by atoms with E-state index in [0.29, 0.717) is 16.8 Å². The van der Waals surface area contributed by atoms with Crippen LogP contribution in [0.25, 0.3) is 0 Å². The monoisotopic (exact) mass is 195 g/mol. The molecule has 2 heterocycles. The number of carbonyl (C=O) groups excluding carboxylic acids is 1. The average Bonchev–Trinajstić information content (AvgIpc) is 2.51. The summed E-state index contributed by atoms with van der Waals surface area (Å²) in [6, 6.07) is 0. The molecule has 5 nitrogen and oxygen atoms in total. The van der Waals surface area contributed by atoms with Crippen LogP contribution in [0.1, 0.15) is 27.3 Å². The number of aromatic nitrogens is 1. The summed E-state index contributed by atoms with van der Waals surface area (Å²) in [5, 5.41) is 18.6. The van der Waals surface area contributed by atoms with E-state index in [4.69, 9.17) is 9.84 Å². The smallest absolute Gasteiger partial charge is 0.357 e. The van der Waals surface area contributed by atoms with Crippen molar-refractivity contribution in [3.05, 3.63) is 22.5 Å². The largest absolute Gasteiger partial charge is 0.506 e. The Labute approximate surface area is 80.0 Å². The van der Waals surface area contributed by atoms with Crippen molar-refractivity contribution < 1.29 is 19.7 Å². The van der Waals surface area contributed by atoms with Crippen LogP contribution in [0.4, 0.5) is 0 Å². The zero-order valence-electron chi connectivity index (χ0n) is 7.57. The van der Waals surface area contributed by atoms with Gasteiger partial charge in [0.1, 0.15) is 12.4 Å². The molecular weight excluding hydrogens is 186 g/mol. The van der Waals surface area contributed by atoms with E-state index in [1.807, 2.05) is 0 Å². The third kappa shape index (κ3) is 1.06. The fourth-order valence-electron chi connectivity index (χ4n) is 1.49. The number of ether oxygens (including phenoxy) is 1. The van der Waals surface area contributed by atoms with E-state index in [1.54, 1.807) is 6.92 Å². The van der Waals surface area contributed by atoms with Crippen LogP contribution in [0, 0.1) is 6.92 Å². The van der Waals surface area contributed by atoms with Crippen LogP contribution < -0.4 is 0 Å². The topological polar surface area (TPSA) is 79.7 Å². The lowest BCUT2D eigenvalue weighted by Crippen LogP contribution is -2.03. The molecule has 1 aromatic rings. The first-order valence-corrected chi connectivity index (χ1v) is 4.14. The van der Waals surface area contributed by atoms with Gasteiger partial charge in [0.05, 0.1) is 12.3 Å². The number of carbonyl (C=O) groups is 1. The lowest BCUT2D eigenvalue weighted by molar-refractivity contribution is 0.0530. The Hall–Kier alpha value is -1.62. The van der Waals surface area contributed by atoms with Gasteiger partial charge in [-0.1, -0.05) is 0 Å². The van der Waals surface area contributed by atoms with Gasteiger partial charge in [0.2, 0.25) is 0 Å². The van der Waals surface area contributed by atoms with E-state index in [-0.39, 0.29) is 24.7 Å². The van der Waals surface area contributed by atoms with Crippen molar-refractivity contribution in [1.29, 1.82) is 0 Å². The highest BCUT2D eigenvalue weighted by Crippen LogP contribution is 2.30. The number of aromatic hydroxyl groups is 1. The van der Waals surface area contributed by atoms with E-state index in [1.165, 1.54) is 0 Å². The van der Waals surface area contributed by atoms with Gasteiger partial charge < -0.3 is 14.9 Å². The van der Waals surface area contributed by atoms with Crippen LogP contribution in [0.5, 0.6) is 5.75 Å². The Bertz CT molecular complexity index is 414. The van der Waals surface area contributed by atoms with Crippen molar-refractivity contribution in [2.75, 3.05) is 0 Å². The Morgan fingerprint density at radius 1 is 1.57 bits per heavy atom. The van der Waals surface area contributed by atoms with Crippen molar-refractivity contribution in [3.63, 3.8) is 0 Å². The summed E-state index contributed by atoms with van der Waals surface area (Å²) in [6.45, 7) is 1.32. The molecule has 14 heavy (non-hydrogen) atoms. The predicted octanol–water partition coefficient (Wildman–Crippen LogP) is 0.258. The van der Waals surface area contributed by atoms with Gasteiger partial charge in [-0.25, -0.2) is 9.78 Å². The van der Waals surface area contributed by atoms with Gasteiger partial charge in [-0.2, -0.15) is 0 Å². The Morgan fingerprint density at radius 3 is 2.93 bits per heavy atom. The molecule has 0 spiro atoms. The van der Waals surface area contributed by atoms with Gasteiger partial charge >= 0.3 is 5.97 Å². The molecule has 0 saturated heterocycles. The van der Waals surface area contributed by atoms with E-state index in [9.17, 15) is 9.90 Å². The van der Waals surface area contributed by atoms with E-state index in [0.717, 1.165) is 0 Å². The van der Waals surface area contributed by atoms with Crippen LogP contribution in [-0.2, 0) is 18.0 Å². The molecule has 2 N–H and O–H groups in total. The summed E-state index contributed by atoms with van der Waals surface area (Å²) < 4.78 is 4.75. The number of aryl methyl sites for hydroxylation is 1. The van der Waals surface area contributed by atoms with Crippen LogP contribution in [0.2, 0.25) is 0 Å². The predicted molar refractivity (Wildman–Crippen MR) is 45.7 cm³/mol. The van der Waals surface area contributed by atoms with Crippen molar-refractivity contribution in [3.8, 4) is 5.75 Å². The van der Waals surface area contributed by atoms with Crippen molar-refractivity contribution in [1.82, 2.24) is 4.98 Å². The van der Waals surface area contributed by atoms with Crippen molar-refractivity contribution in [2.45, 2.75) is 20.1 Å². The summed E-state index contributed by atoms with van der Waals surface area (Å²) >= 11 is 0. The molecule has 1 aliphatic rings. The van der Waals surface area contributed by atoms with E-state index in [2.05, 4.69) is 4.98 Å². The number of nitrogens with zero attached hydrogens (tertiary/aromatic N) is 1. The minimum Gasteiger partial charge on any atom is -0.506 e.